The maximum atomic E-state index is 14.0. The van der Waals surface area contributed by atoms with Gasteiger partial charge >= 0.3 is 0 Å². The smallest absolute Gasteiger partial charge is 0.191 e. The summed E-state index contributed by atoms with van der Waals surface area (Å²) in [6.45, 7) is 10.0. The van der Waals surface area contributed by atoms with Gasteiger partial charge in [-0.05, 0) is 38.0 Å². The van der Waals surface area contributed by atoms with Crippen LogP contribution < -0.4 is 15.4 Å². The molecule has 2 rings (SSSR count). The first-order chi connectivity index (χ1) is 13.1. The van der Waals surface area contributed by atoms with Gasteiger partial charge in [0.2, 0.25) is 0 Å². The van der Waals surface area contributed by atoms with Gasteiger partial charge in [0.25, 0.3) is 0 Å². The maximum Gasteiger partial charge on any atom is 0.191 e. The van der Waals surface area contributed by atoms with Crippen LogP contribution in [0.1, 0.15) is 50.3 Å². The van der Waals surface area contributed by atoms with Gasteiger partial charge in [-0.3, -0.25) is 0 Å². The van der Waals surface area contributed by atoms with Crippen LogP contribution in [0.3, 0.4) is 0 Å². The molecule has 1 aromatic heterocycles. The third-order valence-corrected chi connectivity index (χ3v) is 4.10. The fourth-order valence-electron chi connectivity index (χ4n) is 2.74. The molecule has 0 atom stereocenters. The Bertz CT molecular complexity index is 737. The van der Waals surface area contributed by atoms with Gasteiger partial charge in [0.1, 0.15) is 5.76 Å². The molecule has 0 saturated carbocycles. The highest BCUT2D eigenvalue weighted by Crippen LogP contribution is 2.19. The third kappa shape index (κ3) is 5.70. The Balaban J connectivity index is 2.06. The molecular weight excluding hydrogens is 347 g/mol. The lowest BCUT2D eigenvalue weighted by Crippen LogP contribution is -2.37. The molecule has 148 valence electrons. The van der Waals surface area contributed by atoms with Crippen LogP contribution in [0.15, 0.2) is 27.7 Å². The zero-order valence-corrected chi connectivity index (χ0v) is 16.6. The van der Waals surface area contributed by atoms with Crippen LogP contribution in [0.4, 0.5) is 4.39 Å². The fourth-order valence-corrected chi connectivity index (χ4v) is 2.74. The van der Waals surface area contributed by atoms with Crippen LogP contribution in [0.25, 0.3) is 0 Å². The monoisotopic (exact) mass is 376 g/mol. The van der Waals surface area contributed by atoms with E-state index in [1.54, 1.807) is 6.07 Å². The van der Waals surface area contributed by atoms with Crippen LogP contribution >= 0.6 is 0 Å². The SMILES string of the molecule is CCNC(=NCc1ccc(OCC)c(F)c1)NCc1c(CC)noc1CC. The second-order valence-electron chi connectivity index (χ2n) is 5.98. The number of nitrogens with one attached hydrogen (secondary N) is 2. The summed E-state index contributed by atoms with van der Waals surface area (Å²) < 4.78 is 24.6. The first-order valence-electron chi connectivity index (χ1n) is 9.52. The average Bonchev–Trinajstić information content (AvgIpc) is 3.08. The van der Waals surface area contributed by atoms with E-state index >= 15 is 0 Å². The summed E-state index contributed by atoms with van der Waals surface area (Å²) in [5, 5.41) is 10.6. The zero-order valence-electron chi connectivity index (χ0n) is 16.6. The van der Waals surface area contributed by atoms with Crippen molar-refractivity contribution in [2.45, 2.75) is 53.6 Å². The minimum Gasteiger partial charge on any atom is -0.491 e. The summed E-state index contributed by atoms with van der Waals surface area (Å²) in [6, 6.07) is 4.93. The Hall–Kier alpha value is -2.57. The first-order valence-corrected chi connectivity index (χ1v) is 9.52. The lowest BCUT2D eigenvalue weighted by Gasteiger charge is -2.12. The summed E-state index contributed by atoms with van der Waals surface area (Å²) in [7, 11) is 0. The number of benzene rings is 1. The molecule has 6 nitrogen and oxygen atoms in total. The van der Waals surface area contributed by atoms with E-state index in [1.807, 2.05) is 26.8 Å². The second kappa shape index (κ2) is 10.5. The van der Waals surface area contributed by atoms with E-state index in [-0.39, 0.29) is 11.6 Å². The van der Waals surface area contributed by atoms with Gasteiger partial charge in [-0.25, -0.2) is 9.38 Å². The molecule has 27 heavy (non-hydrogen) atoms. The van der Waals surface area contributed by atoms with E-state index in [9.17, 15) is 4.39 Å². The molecule has 1 heterocycles. The molecule has 2 N–H and O–H groups in total. The number of aliphatic imine (C=N–C) groups is 1. The Morgan fingerprint density at radius 2 is 2.00 bits per heavy atom. The summed E-state index contributed by atoms with van der Waals surface area (Å²) in [6.07, 6.45) is 1.61. The quantitative estimate of drug-likeness (QED) is 0.517. The number of guanidine groups is 1. The second-order valence-corrected chi connectivity index (χ2v) is 5.98. The summed E-state index contributed by atoms with van der Waals surface area (Å²) in [5.74, 6) is 1.45. The van der Waals surface area contributed by atoms with Gasteiger partial charge in [-0.1, -0.05) is 25.1 Å². The zero-order chi connectivity index (χ0) is 19.6. The highest BCUT2D eigenvalue weighted by Gasteiger charge is 2.13. The Morgan fingerprint density at radius 3 is 2.63 bits per heavy atom. The Labute approximate surface area is 160 Å². The van der Waals surface area contributed by atoms with E-state index in [0.29, 0.717) is 25.7 Å². The van der Waals surface area contributed by atoms with E-state index in [1.165, 1.54) is 6.07 Å². The van der Waals surface area contributed by atoms with Gasteiger partial charge in [0, 0.05) is 25.1 Å². The number of hydrogen-bond acceptors (Lipinski definition) is 4. The molecule has 0 amide bonds. The normalized spacial score (nSPS) is 11.5. The lowest BCUT2D eigenvalue weighted by molar-refractivity contribution is 0.321. The Kier molecular flexibility index (Phi) is 8.10. The van der Waals surface area contributed by atoms with Crippen molar-refractivity contribution in [2.75, 3.05) is 13.2 Å². The van der Waals surface area contributed by atoms with Crippen molar-refractivity contribution in [3.05, 3.63) is 46.6 Å². The van der Waals surface area contributed by atoms with Gasteiger partial charge in [-0.15, -0.1) is 0 Å². The predicted molar refractivity (Wildman–Crippen MR) is 104 cm³/mol. The lowest BCUT2D eigenvalue weighted by atomic mass is 10.1. The molecule has 0 aliphatic rings. The molecule has 0 spiro atoms. The van der Waals surface area contributed by atoms with Crippen molar-refractivity contribution < 1.29 is 13.7 Å². The minimum atomic E-state index is -0.368. The molecule has 0 radical (unpaired) electrons. The molecule has 0 unspecified atom stereocenters. The van der Waals surface area contributed by atoms with Crippen LogP contribution in [0.5, 0.6) is 5.75 Å². The molecule has 2 aromatic rings. The molecule has 0 fully saturated rings. The third-order valence-electron chi connectivity index (χ3n) is 4.10. The molecule has 1 aromatic carbocycles. The Morgan fingerprint density at radius 1 is 1.19 bits per heavy atom. The number of aryl methyl sites for hydroxylation is 2. The van der Waals surface area contributed by atoms with Crippen molar-refractivity contribution in [3.8, 4) is 5.75 Å². The highest BCUT2D eigenvalue weighted by molar-refractivity contribution is 5.79. The summed E-state index contributed by atoms with van der Waals surface area (Å²) >= 11 is 0. The largest absolute Gasteiger partial charge is 0.491 e. The number of halogens is 1. The van der Waals surface area contributed by atoms with Crippen LogP contribution in [-0.2, 0) is 25.9 Å². The number of hydrogen-bond donors (Lipinski definition) is 2. The predicted octanol–water partition coefficient (Wildman–Crippen LogP) is 3.59. The molecule has 0 bridgehead atoms. The van der Waals surface area contributed by atoms with Gasteiger partial charge in [-0.2, -0.15) is 0 Å². The number of aromatic nitrogens is 1. The average molecular weight is 376 g/mol. The van der Waals surface area contributed by atoms with Gasteiger partial charge in [0.15, 0.2) is 17.5 Å². The molecular formula is C20H29FN4O2. The van der Waals surface area contributed by atoms with Crippen molar-refractivity contribution in [1.29, 1.82) is 0 Å². The van der Waals surface area contributed by atoms with Crippen molar-refractivity contribution in [1.82, 2.24) is 15.8 Å². The van der Waals surface area contributed by atoms with Gasteiger partial charge in [0.05, 0.1) is 18.8 Å². The highest BCUT2D eigenvalue weighted by atomic mass is 19.1. The fraction of sp³-hybridized carbons (Fsp3) is 0.500. The standard InChI is InChI=1S/C20H29FN4O2/c1-5-17-15(18(6-2)27-25-17)13-24-20(22-7-3)23-12-14-9-10-19(26-8-4)16(21)11-14/h9-11H,5-8,12-13H2,1-4H3,(H2,22,23,24). The van der Waals surface area contributed by atoms with Crippen molar-refractivity contribution in [3.63, 3.8) is 0 Å². The molecule has 7 heteroatoms. The topological polar surface area (TPSA) is 71.7 Å². The van der Waals surface area contributed by atoms with Crippen molar-refractivity contribution in [2.24, 2.45) is 4.99 Å². The van der Waals surface area contributed by atoms with Crippen LogP contribution in [0, 0.1) is 5.82 Å². The van der Waals surface area contributed by atoms with E-state index in [2.05, 4.69) is 27.7 Å². The first kappa shape index (κ1) is 20.7. The molecule has 0 aliphatic heterocycles. The number of rotatable bonds is 9. The van der Waals surface area contributed by atoms with E-state index < -0.39 is 0 Å². The van der Waals surface area contributed by atoms with Gasteiger partial charge < -0.3 is 19.9 Å². The maximum absolute atomic E-state index is 14.0. The molecule has 0 saturated heterocycles. The van der Waals surface area contributed by atoms with E-state index in [4.69, 9.17) is 9.26 Å². The minimum absolute atomic E-state index is 0.266. The van der Waals surface area contributed by atoms with Crippen molar-refractivity contribution >= 4 is 5.96 Å². The number of nitrogens with zero attached hydrogens (tertiary/aromatic N) is 2. The summed E-state index contributed by atoms with van der Waals surface area (Å²) in [4.78, 5) is 4.55. The number of ether oxygens (including phenoxy) is 1. The molecule has 0 aliphatic carbocycles. The van der Waals surface area contributed by atoms with Crippen LogP contribution in [-0.4, -0.2) is 24.3 Å². The van der Waals surface area contributed by atoms with Crippen LogP contribution in [0.2, 0.25) is 0 Å². The van der Waals surface area contributed by atoms with E-state index in [0.717, 1.165) is 42.0 Å². The summed E-state index contributed by atoms with van der Waals surface area (Å²) in [5.41, 5.74) is 2.82.